The Morgan fingerprint density at radius 3 is 2.81 bits per heavy atom. The third-order valence-electron chi connectivity index (χ3n) is 3.58. The molecule has 0 aliphatic carbocycles. The molecule has 0 saturated carbocycles. The van der Waals surface area contributed by atoms with Crippen LogP contribution in [0.2, 0.25) is 0 Å². The highest BCUT2D eigenvalue weighted by molar-refractivity contribution is 6.04. The first kappa shape index (κ1) is 17.2. The van der Waals surface area contributed by atoms with Crippen LogP contribution >= 0.6 is 0 Å². The van der Waals surface area contributed by atoms with Gasteiger partial charge in [0.25, 0.3) is 5.91 Å². The van der Waals surface area contributed by atoms with E-state index < -0.39 is 5.76 Å². The molecule has 134 valence electrons. The number of hydrogen-bond acceptors (Lipinski definition) is 5. The van der Waals surface area contributed by atoms with Crippen LogP contribution in [0.4, 0.5) is 10.5 Å². The highest BCUT2D eigenvalue weighted by Crippen LogP contribution is 2.17. The van der Waals surface area contributed by atoms with Crippen molar-refractivity contribution in [3.05, 3.63) is 58.3 Å². The maximum atomic E-state index is 12.4. The number of benzene rings is 1. The molecule has 2 aromatic heterocycles. The van der Waals surface area contributed by atoms with Crippen LogP contribution in [0.5, 0.6) is 0 Å². The van der Waals surface area contributed by atoms with Crippen molar-refractivity contribution in [1.29, 1.82) is 0 Å². The summed E-state index contributed by atoms with van der Waals surface area (Å²) in [5.41, 5.74) is 2.35. The molecule has 3 rings (SSSR count). The van der Waals surface area contributed by atoms with Crippen molar-refractivity contribution in [1.82, 2.24) is 20.2 Å². The largest absolute Gasteiger partial charge is 0.417 e. The molecule has 1 aromatic carbocycles. The van der Waals surface area contributed by atoms with Gasteiger partial charge in [-0.15, -0.1) is 0 Å². The van der Waals surface area contributed by atoms with Crippen molar-refractivity contribution >= 4 is 28.7 Å². The average molecular weight is 355 g/mol. The van der Waals surface area contributed by atoms with Crippen LogP contribution in [0, 0.1) is 0 Å². The van der Waals surface area contributed by atoms with Gasteiger partial charge in [-0.05, 0) is 24.3 Å². The van der Waals surface area contributed by atoms with Gasteiger partial charge < -0.3 is 20.0 Å². The Labute approximate surface area is 148 Å². The summed E-state index contributed by atoms with van der Waals surface area (Å²) in [7, 11) is 3.27. The predicted molar refractivity (Wildman–Crippen MR) is 94.9 cm³/mol. The van der Waals surface area contributed by atoms with E-state index in [9.17, 15) is 14.4 Å². The summed E-state index contributed by atoms with van der Waals surface area (Å²) in [5, 5.41) is 5.42. The molecule has 9 nitrogen and oxygen atoms in total. The molecule has 0 radical (unpaired) electrons. The van der Waals surface area contributed by atoms with E-state index in [4.69, 9.17) is 4.42 Å². The molecule has 0 fully saturated rings. The molecule has 0 aliphatic heterocycles. The summed E-state index contributed by atoms with van der Waals surface area (Å²) >= 11 is 0. The Morgan fingerprint density at radius 2 is 2.04 bits per heavy atom. The fourth-order valence-electron chi connectivity index (χ4n) is 2.27. The fourth-order valence-corrected chi connectivity index (χ4v) is 2.27. The SMILES string of the molecule is CN(C)C(=O)NCc1cc(C(=O)Nc2ccc3[nH]c(=O)oc3c2)ccn1. The lowest BCUT2D eigenvalue weighted by Crippen LogP contribution is -2.34. The van der Waals surface area contributed by atoms with Crippen LogP contribution in [0.3, 0.4) is 0 Å². The lowest BCUT2D eigenvalue weighted by Gasteiger charge is -2.12. The standard InChI is InChI=1S/C17H17N5O4/c1-22(2)16(24)19-9-12-7-10(5-6-18-12)15(23)20-11-3-4-13-14(8-11)26-17(25)21-13/h3-8H,9H2,1-2H3,(H,19,24)(H,20,23)(H,21,25). The van der Waals surface area contributed by atoms with E-state index in [1.807, 2.05) is 0 Å². The second kappa shape index (κ2) is 7.09. The quantitative estimate of drug-likeness (QED) is 0.656. The number of oxazole rings is 1. The maximum absolute atomic E-state index is 12.4. The average Bonchev–Trinajstić information content (AvgIpc) is 2.99. The van der Waals surface area contributed by atoms with Crippen LogP contribution in [-0.4, -0.2) is 40.9 Å². The zero-order valence-corrected chi connectivity index (χ0v) is 14.2. The minimum Gasteiger partial charge on any atom is -0.408 e. The number of H-pyrrole nitrogens is 1. The van der Waals surface area contributed by atoms with E-state index in [0.29, 0.717) is 28.0 Å². The zero-order valence-electron chi connectivity index (χ0n) is 14.2. The Kier molecular flexibility index (Phi) is 4.70. The van der Waals surface area contributed by atoms with E-state index in [1.54, 1.807) is 44.4 Å². The molecule has 0 unspecified atom stereocenters. The fraction of sp³-hybridized carbons (Fsp3) is 0.176. The van der Waals surface area contributed by atoms with Gasteiger partial charge in [0, 0.05) is 37.6 Å². The Hall–Kier alpha value is -3.62. The highest BCUT2D eigenvalue weighted by Gasteiger charge is 2.10. The first-order valence-corrected chi connectivity index (χ1v) is 7.76. The number of carbonyl (C=O) groups excluding carboxylic acids is 2. The minimum atomic E-state index is -0.554. The molecule has 9 heteroatoms. The molecular formula is C17H17N5O4. The monoisotopic (exact) mass is 355 g/mol. The summed E-state index contributed by atoms with van der Waals surface area (Å²) in [6.07, 6.45) is 1.50. The molecule has 3 N–H and O–H groups in total. The van der Waals surface area contributed by atoms with Crippen LogP contribution in [0.25, 0.3) is 11.1 Å². The maximum Gasteiger partial charge on any atom is 0.417 e. The molecule has 3 aromatic rings. The smallest absolute Gasteiger partial charge is 0.408 e. The Bertz CT molecular complexity index is 1020. The number of nitrogens with zero attached hydrogens (tertiary/aromatic N) is 2. The molecule has 2 heterocycles. The minimum absolute atomic E-state index is 0.207. The van der Waals surface area contributed by atoms with Gasteiger partial charge in [-0.2, -0.15) is 0 Å². The number of rotatable bonds is 4. The third kappa shape index (κ3) is 3.89. The topological polar surface area (TPSA) is 120 Å². The number of carbonyl (C=O) groups is 2. The van der Waals surface area contributed by atoms with Gasteiger partial charge in [0.1, 0.15) is 0 Å². The van der Waals surface area contributed by atoms with Gasteiger partial charge in [-0.3, -0.25) is 14.8 Å². The molecule has 0 bridgehead atoms. The second-order valence-corrected chi connectivity index (χ2v) is 5.77. The Balaban J connectivity index is 1.71. The molecule has 0 aliphatic rings. The summed E-state index contributed by atoms with van der Waals surface area (Å²) in [4.78, 5) is 43.2. The number of urea groups is 1. The predicted octanol–water partition coefficient (Wildman–Crippen LogP) is 1.54. The summed E-state index contributed by atoms with van der Waals surface area (Å²) in [6.45, 7) is 0.207. The van der Waals surface area contributed by atoms with Gasteiger partial charge in [0.05, 0.1) is 17.8 Å². The van der Waals surface area contributed by atoms with Crippen LogP contribution in [0.1, 0.15) is 16.1 Å². The van der Waals surface area contributed by atoms with E-state index in [0.717, 1.165) is 0 Å². The summed E-state index contributed by atoms with van der Waals surface area (Å²) < 4.78 is 4.97. The summed E-state index contributed by atoms with van der Waals surface area (Å²) in [5.74, 6) is -0.896. The molecule has 0 spiro atoms. The lowest BCUT2D eigenvalue weighted by atomic mass is 10.2. The van der Waals surface area contributed by atoms with Crippen LogP contribution < -0.4 is 16.4 Å². The highest BCUT2D eigenvalue weighted by atomic mass is 16.4. The summed E-state index contributed by atoms with van der Waals surface area (Å²) in [6, 6.07) is 7.78. The third-order valence-corrected chi connectivity index (χ3v) is 3.58. The number of nitrogens with one attached hydrogen (secondary N) is 3. The van der Waals surface area contributed by atoms with Crippen LogP contribution in [0.15, 0.2) is 45.7 Å². The molecule has 0 saturated heterocycles. The molecule has 0 atom stereocenters. The molecule has 3 amide bonds. The number of amides is 3. The van der Waals surface area contributed by atoms with E-state index in [-0.39, 0.29) is 18.5 Å². The van der Waals surface area contributed by atoms with Gasteiger partial charge in [-0.25, -0.2) is 9.59 Å². The Morgan fingerprint density at radius 1 is 1.23 bits per heavy atom. The number of pyridine rings is 1. The van der Waals surface area contributed by atoms with Gasteiger partial charge in [-0.1, -0.05) is 0 Å². The zero-order chi connectivity index (χ0) is 18.7. The van der Waals surface area contributed by atoms with Gasteiger partial charge in [0.2, 0.25) is 0 Å². The van der Waals surface area contributed by atoms with Crippen molar-refractivity contribution in [2.24, 2.45) is 0 Å². The molecular weight excluding hydrogens is 338 g/mol. The first-order valence-electron chi connectivity index (χ1n) is 7.76. The van der Waals surface area contributed by atoms with Crippen LogP contribution in [-0.2, 0) is 6.54 Å². The van der Waals surface area contributed by atoms with E-state index in [2.05, 4.69) is 20.6 Å². The lowest BCUT2D eigenvalue weighted by molar-refractivity contribution is 0.102. The van der Waals surface area contributed by atoms with Crippen molar-refractivity contribution in [2.75, 3.05) is 19.4 Å². The molecule has 26 heavy (non-hydrogen) atoms. The van der Waals surface area contributed by atoms with Crippen molar-refractivity contribution < 1.29 is 14.0 Å². The van der Waals surface area contributed by atoms with Gasteiger partial charge in [0.15, 0.2) is 5.58 Å². The van der Waals surface area contributed by atoms with Crippen molar-refractivity contribution in [3.8, 4) is 0 Å². The normalized spacial score (nSPS) is 10.5. The number of aromatic nitrogens is 2. The number of hydrogen-bond donors (Lipinski definition) is 3. The number of aromatic amines is 1. The van der Waals surface area contributed by atoms with Gasteiger partial charge >= 0.3 is 11.8 Å². The number of fused-ring (bicyclic) bond motifs is 1. The van der Waals surface area contributed by atoms with E-state index in [1.165, 1.54) is 11.1 Å². The second-order valence-electron chi connectivity index (χ2n) is 5.77. The van der Waals surface area contributed by atoms with Crippen molar-refractivity contribution in [2.45, 2.75) is 6.54 Å². The first-order chi connectivity index (χ1) is 12.4. The van der Waals surface area contributed by atoms with E-state index >= 15 is 0 Å². The van der Waals surface area contributed by atoms with Crippen molar-refractivity contribution in [3.63, 3.8) is 0 Å². The number of anilines is 1.